The number of aliphatic hydroxyl groups is 1. The quantitative estimate of drug-likeness (QED) is 0.448. The van der Waals surface area contributed by atoms with Crippen molar-refractivity contribution in [3.63, 3.8) is 0 Å². The highest BCUT2D eigenvalue weighted by Gasteiger charge is 2.46. The van der Waals surface area contributed by atoms with Crippen LogP contribution in [-0.4, -0.2) is 69.0 Å². The minimum Gasteiger partial charge on any atom is -0.507 e. The van der Waals surface area contributed by atoms with Crippen molar-refractivity contribution in [1.29, 1.82) is 0 Å². The van der Waals surface area contributed by atoms with Crippen LogP contribution in [-0.2, 0) is 9.59 Å². The molecule has 1 aliphatic rings. The summed E-state index contributed by atoms with van der Waals surface area (Å²) < 4.78 is 0. The van der Waals surface area contributed by atoms with Gasteiger partial charge in [0.05, 0.1) is 22.5 Å². The highest BCUT2D eigenvalue weighted by Crippen LogP contribution is 2.39. The Balaban J connectivity index is 2.10. The molecule has 0 spiro atoms. The second-order valence-corrected chi connectivity index (χ2v) is 7.21. The van der Waals surface area contributed by atoms with Gasteiger partial charge in [-0.2, -0.15) is 5.10 Å². The zero-order chi connectivity index (χ0) is 20.4. The maximum atomic E-state index is 12.9. The molecule has 0 radical (unpaired) electrons. The van der Waals surface area contributed by atoms with Crippen LogP contribution < -0.4 is 0 Å². The third-order valence-electron chi connectivity index (χ3n) is 4.88. The van der Waals surface area contributed by atoms with E-state index in [4.69, 9.17) is 0 Å². The lowest BCUT2D eigenvalue weighted by molar-refractivity contribution is -0.140. The molecular formula is C20H25N5O3. The van der Waals surface area contributed by atoms with Gasteiger partial charge in [0, 0.05) is 18.4 Å². The molecule has 28 heavy (non-hydrogen) atoms. The molecule has 3 heterocycles. The number of carbonyl (C=O) groups is 2. The largest absolute Gasteiger partial charge is 0.507 e. The maximum Gasteiger partial charge on any atom is 0.295 e. The van der Waals surface area contributed by atoms with E-state index >= 15 is 0 Å². The smallest absolute Gasteiger partial charge is 0.295 e. The number of rotatable bonds is 6. The van der Waals surface area contributed by atoms with Crippen molar-refractivity contribution in [1.82, 2.24) is 25.0 Å². The monoisotopic (exact) mass is 383 g/mol. The van der Waals surface area contributed by atoms with Crippen molar-refractivity contribution >= 4 is 17.4 Å². The number of pyridine rings is 1. The maximum absolute atomic E-state index is 12.9. The van der Waals surface area contributed by atoms with Gasteiger partial charge >= 0.3 is 0 Å². The molecule has 8 nitrogen and oxygen atoms in total. The van der Waals surface area contributed by atoms with Crippen LogP contribution in [0.2, 0.25) is 0 Å². The average Bonchev–Trinajstić information content (AvgIpc) is 3.12. The van der Waals surface area contributed by atoms with Gasteiger partial charge in [-0.3, -0.25) is 19.7 Å². The summed E-state index contributed by atoms with van der Waals surface area (Å²) >= 11 is 0. The number of aromatic amines is 1. The van der Waals surface area contributed by atoms with E-state index in [2.05, 4.69) is 15.2 Å². The minimum absolute atomic E-state index is 0.0566. The molecule has 0 aromatic carbocycles. The van der Waals surface area contributed by atoms with Gasteiger partial charge in [-0.05, 0) is 53.0 Å². The van der Waals surface area contributed by atoms with E-state index in [0.717, 1.165) is 6.54 Å². The molecule has 8 heteroatoms. The standard InChI is InChI=1S/C20H25N5O3/c1-12-15(13(2)23-22-12)18(26)16-17(14-8-5-6-9-21-14)25(20(28)19(16)27)11-7-10-24(3)4/h5-6,8-9,17,26H,7,10-11H2,1-4H3,(H,22,23)/b18-16+/t17-/m0/s1. The van der Waals surface area contributed by atoms with E-state index in [0.29, 0.717) is 35.6 Å². The Bertz CT molecular complexity index is 898. The summed E-state index contributed by atoms with van der Waals surface area (Å²) in [5.41, 5.74) is 2.25. The predicted molar refractivity (Wildman–Crippen MR) is 104 cm³/mol. The summed E-state index contributed by atoms with van der Waals surface area (Å²) in [5.74, 6) is -1.53. The van der Waals surface area contributed by atoms with E-state index in [1.165, 1.54) is 4.90 Å². The molecule has 1 atom stereocenters. The molecule has 1 saturated heterocycles. The van der Waals surface area contributed by atoms with E-state index in [-0.39, 0.29) is 11.3 Å². The van der Waals surface area contributed by atoms with Crippen LogP contribution in [0.5, 0.6) is 0 Å². The van der Waals surface area contributed by atoms with Gasteiger partial charge in [-0.1, -0.05) is 6.07 Å². The lowest BCUT2D eigenvalue weighted by atomic mass is 9.97. The van der Waals surface area contributed by atoms with Gasteiger partial charge in [0.2, 0.25) is 0 Å². The number of hydrogen-bond acceptors (Lipinski definition) is 6. The van der Waals surface area contributed by atoms with Crippen LogP contribution in [0.4, 0.5) is 0 Å². The number of aliphatic hydroxyl groups excluding tert-OH is 1. The van der Waals surface area contributed by atoms with Crippen molar-refractivity contribution in [2.45, 2.75) is 26.3 Å². The predicted octanol–water partition coefficient (Wildman–Crippen LogP) is 1.79. The number of carbonyl (C=O) groups excluding carboxylic acids is 2. The zero-order valence-electron chi connectivity index (χ0n) is 16.6. The first-order valence-corrected chi connectivity index (χ1v) is 9.19. The number of amides is 1. The van der Waals surface area contributed by atoms with Crippen LogP contribution in [0, 0.1) is 13.8 Å². The molecular weight excluding hydrogens is 358 g/mol. The molecule has 1 amide bonds. The SMILES string of the molecule is Cc1n[nH]c(C)c1/C(O)=C1\C(=O)C(=O)N(CCCN(C)C)[C@H]1c1ccccn1. The van der Waals surface area contributed by atoms with Gasteiger partial charge in [-0.15, -0.1) is 0 Å². The van der Waals surface area contributed by atoms with Gasteiger partial charge in [0.1, 0.15) is 11.8 Å². The average molecular weight is 383 g/mol. The number of hydrogen-bond donors (Lipinski definition) is 2. The van der Waals surface area contributed by atoms with Crippen molar-refractivity contribution in [2.75, 3.05) is 27.2 Å². The first-order chi connectivity index (χ1) is 13.3. The highest BCUT2D eigenvalue weighted by molar-refractivity contribution is 6.46. The molecule has 1 fully saturated rings. The van der Waals surface area contributed by atoms with Crippen LogP contribution >= 0.6 is 0 Å². The zero-order valence-corrected chi connectivity index (χ0v) is 16.6. The molecule has 0 aliphatic carbocycles. The van der Waals surface area contributed by atoms with E-state index < -0.39 is 17.7 Å². The fourth-order valence-corrected chi connectivity index (χ4v) is 3.55. The van der Waals surface area contributed by atoms with Gasteiger partial charge in [0.15, 0.2) is 0 Å². The highest BCUT2D eigenvalue weighted by atomic mass is 16.3. The summed E-state index contributed by atoms with van der Waals surface area (Å²) in [7, 11) is 3.91. The molecule has 2 aromatic heterocycles. The number of H-pyrrole nitrogens is 1. The van der Waals surface area contributed by atoms with Crippen molar-refractivity contribution in [3.8, 4) is 0 Å². The van der Waals surface area contributed by atoms with E-state index in [1.807, 2.05) is 19.0 Å². The van der Waals surface area contributed by atoms with E-state index in [9.17, 15) is 14.7 Å². The van der Waals surface area contributed by atoms with Crippen LogP contribution in [0.25, 0.3) is 5.76 Å². The van der Waals surface area contributed by atoms with Gasteiger partial charge in [-0.25, -0.2) is 0 Å². The van der Waals surface area contributed by atoms with Gasteiger partial charge in [0.25, 0.3) is 11.7 Å². The fraction of sp³-hybridized carbons (Fsp3) is 0.400. The summed E-state index contributed by atoms with van der Waals surface area (Å²) in [6, 6.07) is 4.61. The summed E-state index contributed by atoms with van der Waals surface area (Å²) in [5, 5.41) is 17.9. The second kappa shape index (κ2) is 7.93. The number of ketones is 1. The van der Waals surface area contributed by atoms with Crippen LogP contribution in [0.1, 0.15) is 35.1 Å². The Labute approximate surface area is 163 Å². The van der Waals surface area contributed by atoms with Crippen molar-refractivity contribution < 1.29 is 14.7 Å². The van der Waals surface area contributed by atoms with Gasteiger partial charge < -0.3 is 14.9 Å². The number of likely N-dealkylation sites (tertiary alicyclic amines) is 1. The molecule has 0 bridgehead atoms. The number of Topliss-reactive ketones (excluding diaryl/α,β-unsaturated/α-hetero) is 1. The fourth-order valence-electron chi connectivity index (χ4n) is 3.55. The topological polar surface area (TPSA) is 102 Å². The Morgan fingerprint density at radius 1 is 1.29 bits per heavy atom. The summed E-state index contributed by atoms with van der Waals surface area (Å²) in [6.07, 6.45) is 2.32. The lowest BCUT2D eigenvalue weighted by Crippen LogP contribution is -2.32. The first-order valence-electron chi connectivity index (χ1n) is 9.19. The second-order valence-electron chi connectivity index (χ2n) is 7.21. The number of aromatic nitrogens is 3. The molecule has 148 valence electrons. The third-order valence-corrected chi connectivity index (χ3v) is 4.88. The summed E-state index contributed by atoms with van der Waals surface area (Å²) in [4.78, 5) is 33.5. The van der Waals surface area contributed by atoms with Crippen molar-refractivity contribution in [2.24, 2.45) is 0 Å². The molecule has 1 aliphatic heterocycles. The molecule has 3 rings (SSSR count). The molecule has 0 saturated carbocycles. The minimum atomic E-state index is -0.725. The Morgan fingerprint density at radius 3 is 2.61 bits per heavy atom. The molecule has 0 unspecified atom stereocenters. The van der Waals surface area contributed by atoms with Crippen molar-refractivity contribution in [3.05, 3.63) is 52.6 Å². The molecule has 2 N–H and O–H groups in total. The van der Waals surface area contributed by atoms with Crippen LogP contribution in [0.15, 0.2) is 30.0 Å². The lowest BCUT2D eigenvalue weighted by Gasteiger charge is -2.25. The number of aryl methyl sites for hydroxylation is 2. The number of nitrogens with zero attached hydrogens (tertiary/aromatic N) is 4. The van der Waals surface area contributed by atoms with Crippen LogP contribution in [0.3, 0.4) is 0 Å². The molecule has 2 aromatic rings. The third kappa shape index (κ3) is 3.55. The Hall–Kier alpha value is -3.00. The first kappa shape index (κ1) is 19.8. The Kier molecular flexibility index (Phi) is 5.60. The van der Waals surface area contributed by atoms with E-state index in [1.54, 1.807) is 38.2 Å². The normalized spacial score (nSPS) is 19.0. The summed E-state index contributed by atoms with van der Waals surface area (Å²) in [6.45, 7) is 4.67. The number of nitrogens with one attached hydrogen (secondary N) is 1. The Morgan fingerprint density at radius 2 is 2.04 bits per heavy atom.